The zero-order valence-electron chi connectivity index (χ0n) is 15.4. The second kappa shape index (κ2) is 7.23. The van der Waals surface area contributed by atoms with Gasteiger partial charge in [0.2, 0.25) is 5.91 Å². The van der Waals surface area contributed by atoms with Gasteiger partial charge >= 0.3 is 6.09 Å². The molecule has 0 radical (unpaired) electrons. The van der Waals surface area contributed by atoms with Gasteiger partial charge in [0.05, 0.1) is 30.3 Å². The molecule has 2 aromatic rings. The highest BCUT2D eigenvalue weighted by atomic mass is 32.2. The molecule has 28 heavy (non-hydrogen) atoms. The molecule has 2 aliphatic heterocycles. The molecule has 2 aliphatic rings. The van der Waals surface area contributed by atoms with Crippen molar-refractivity contribution in [3.05, 3.63) is 42.4 Å². The number of anilines is 2. The molecule has 1 aromatic heterocycles. The Hall–Kier alpha value is -2.94. The van der Waals surface area contributed by atoms with Crippen LogP contribution in [0, 0.1) is 0 Å². The minimum atomic E-state index is -0.463. The lowest BCUT2D eigenvalue weighted by atomic mass is 10.2. The molecular weight excluding hydrogens is 382 g/mol. The molecule has 1 aromatic carbocycles. The third-order valence-electron chi connectivity index (χ3n) is 4.71. The van der Waals surface area contributed by atoms with E-state index in [1.165, 1.54) is 22.9 Å². The van der Waals surface area contributed by atoms with E-state index in [9.17, 15) is 14.4 Å². The summed E-state index contributed by atoms with van der Waals surface area (Å²) in [6, 6.07) is 8.72. The van der Waals surface area contributed by atoms with E-state index in [0.717, 1.165) is 10.6 Å². The second-order valence-electron chi connectivity index (χ2n) is 6.61. The van der Waals surface area contributed by atoms with Crippen LogP contribution in [0.1, 0.15) is 17.5 Å². The van der Waals surface area contributed by atoms with Crippen LogP contribution in [0.2, 0.25) is 0 Å². The van der Waals surface area contributed by atoms with Crippen molar-refractivity contribution in [3.8, 4) is 0 Å². The van der Waals surface area contributed by atoms with Gasteiger partial charge in [0.25, 0.3) is 5.91 Å². The Bertz CT molecular complexity index is 930. The van der Waals surface area contributed by atoms with E-state index in [0.29, 0.717) is 12.2 Å². The number of hydrogen-bond donors (Lipinski definition) is 1. The first-order chi connectivity index (χ1) is 13.4. The number of thioether (sulfide) groups is 1. The van der Waals surface area contributed by atoms with E-state index >= 15 is 0 Å². The second-order valence-corrected chi connectivity index (χ2v) is 8.00. The SMILES string of the molecule is CC1Sc2cc(N3CC(CNC(=O)c4ccco4)OC3=O)ccc2N(C)C1=O. The molecule has 0 saturated carbocycles. The molecular formula is C19H19N3O5S. The predicted octanol–water partition coefficient (Wildman–Crippen LogP) is 2.49. The summed E-state index contributed by atoms with van der Waals surface area (Å²) in [6.07, 6.45) is 0.500. The average molecular weight is 401 g/mol. The van der Waals surface area contributed by atoms with E-state index < -0.39 is 12.2 Å². The van der Waals surface area contributed by atoms with Crippen molar-refractivity contribution < 1.29 is 23.5 Å². The number of amides is 3. The maximum atomic E-state index is 12.3. The van der Waals surface area contributed by atoms with Gasteiger partial charge in [-0.1, -0.05) is 0 Å². The first-order valence-electron chi connectivity index (χ1n) is 8.82. The van der Waals surface area contributed by atoms with Crippen molar-refractivity contribution >= 4 is 41.0 Å². The fourth-order valence-electron chi connectivity index (χ4n) is 3.21. The normalized spacial score (nSPS) is 21.5. The number of ether oxygens (including phenoxy) is 1. The van der Waals surface area contributed by atoms with Gasteiger partial charge < -0.3 is 19.4 Å². The van der Waals surface area contributed by atoms with E-state index in [2.05, 4.69) is 5.32 Å². The Morgan fingerprint density at radius 3 is 2.89 bits per heavy atom. The molecule has 2 atom stereocenters. The van der Waals surface area contributed by atoms with Crippen LogP contribution in [-0.4, -0.2) is 49.4 Å². The Balaban J connectivity index is 1.44. The van der Waals surface area contributed by atoms with Crippen LogP contribution >= 0.6 is 11.8 Å². The van der Waals surface area contributed by atoms with Gasteiger partial charge in [-0.25, -0.2) is 4.79 Å². The maximum absolute atomic E-state index is 12.3. The monoisotopic (exact) mass is 401 g/mol. The number of carbonyl (C=O) groups excluding carboxylic acids is 3. The summed E-state index contributed by atoms with van der Waals surface area (Å²) in [5.74, 6) is -0.0924. The number of nitrogens with one attached hydrogen (secondary N) is 1. The summed E-state index contributed by atoms with van der Waals surface area (Å²) < 4.78 is 10.4. The van der Waals surface area contributed by atoms with Crippen LogP contribution in [-0.2, 0) is 9.53 Å². The Labute approximate surface area is 165 Å². The first kappa shape index (κ1) is 18.4. The van der Waals surface area contributed by atoms with Gasteiger partial charge in [0, 0.05) is 17.6 Å². The van der Waals surface area contributed by atoms with Crippen LogP contribution in [0.15, 0.2) is 45.9 Å². The van der Waals surface area contributed by atoms with Crippen LogP contribution in [0.25, 0.3) is 0 Å². The van der Waals surface area contributed by atoms with E-state index in [-0.39, 0.29) is 29.4 Å². The molecule has 1 fully saturated rings. The molecule has 0 spiro atoms. The Kier molecular flexibility index (Phi) is 4.76. The molecule has 0 bridgehead atoms. The summed E-state index contributed by atoms with van der Waals surface area (Å²) in [6.45, 7) is 2.38. The van der Waals surface area contributed by atoms with Crippen LogP contribution in [0.5, 0.6) is 0 Å². The highest BCUT2D eigenvalue weighted by Crippen LogP contribution is 2.41. The summed E-state index contributed by atoms with van der Waals surface area (Å²) in [4.78, 5) is 40.5. The minimum absolute atomic E-state index is 0.0539. The van der Waals surface area contributed by atoms with Crippen molar-refractivity contribution in [1.29, 1.82) is 0 Å². The molecule has 2 unspecified atom stereocenters. The van der Waals surface area contributed by atoms with Gasteiger partial charge in [-0.3, -0.25) is 14.5 Å². The zero-order valence-corrected chi connectivity index (χ0v) is 16.2. The van der Waals surface area contributed by atoms with Crippen molar-refractivity contribution in [1.82, 2.24) is 5.32 Å². The number of hydrogen-bond acceptors (Lipinski definition) is 6. The van der Waals surface area contributed by atoms with Crippen LogP contribution in [0.4, 0.5) is 16.2 Å². The van der Waals surface area contributed by atoms with Crippen molar-refractivity contribution in [3.63, 3.8) is 0 Å². The number of benzene rings is 1. The topological polar surface area (TPSA) is 92.1 Å². The largest absolute Gasteiger partial charge is 0.459 e. The van der Waals surface area contributed by atoms with Crippen molar-refractivity contribution in [2.75, 3.05) is 29.9 Å². The lowest BCUT2D eigenvalue weighted by Gasteiger charge is -2.30. The van der Waals surface area contributed by atoms with Crippen molar-refractivity contribution in [2.45, 2.75) is 23.2 Å². The summed E-state index contributed by atoms with van der Waals surface area (Å²) in [7, 11) is 1.75. The molecule has 3 heterocycles. The Morgan fingerprint density at radius 2 is 2.14 bits per heavy atom. The maximum Gasteiger partial charge on any atom is 0.414 e. The van der Waals surface area contributed by atoms with E-state index in [1.54, 1.807) is 30.1 Å². The summed E-state index contributed by atoms with van der Waals surface area (Å²) in [5.41, 5.74) is 1.53. The van der Waals surface area contributed by atoms with Gasteiger partial charge in [-0.2, -0.15) is 0 Å². The molecule has 3 amide bonds. The predicted molar refractivity (Wildman–Crippen MR) is 104 cm³/mol. The number of cyclic esters (lactones) is 1. The lowest BCUT2D eigenvalue weighted by molar-refractivity contribution is -0.117. The lowest BCUT2D eigenvalue weighted by Crippen LogP contribution is -2.36. The quantitative estimate of drug-likeness (QED) is 0.846. The Morgan fingerprint density at radius 1 is 1.32 bits per heavy atom. The molecule has 146 valence electrons. The zero-order chi connectivity index (χ0) is 19.8. The van der Waals surface area contributed by atoms with Gasteiger partial charge in [-0.05, 0) is 37.3 Å². The number of nitrogens with zero attached hydrogens (tertiary/aromatic N) is 2. The summed E-state index contributed by atoms with van der Waals surface area (Å²) >= 11 is 1.47. The fraction of sp³-hybridized carbons (Fsp3) is 0.316. The van der Waals surface area contributed by atoms with Crippen molar-refractivity contribution in [2.24, 2.45) is 0 Å². The molecule has 8 nitrogen and oxygen atoms in total. The minimum Gasteiger partial charge on any atom is -0.459 e. The molecule has 9 heteroatoms. The summed E-state index contributed by atoms with van der Waals surface area (Å²) in [5, 5.41) is 2.52. The van der Waals surface area contributed by atoms with Crippen LogP contribution < -0.4 is 15.1 Å². The van der Waals surface area contributed by atoms with Gasteiger partial charge in [-0.15, -0.1) is 11.8 Å². The highest BCUT2D eigenvalue weighted by molar-refractivity contribution is 8.01. The molecule has 1 saturated heterocycles. The van der Waals surface area contributed by atoms with Gasteiger partial charge in [0.15, 0.2) is 5.76 Å². The first-order valence-corrected chi connectivity index (χ1v) is 9.70. The molecule has 0 aliphatic carbocycles. The number of furan rings is 1. The smallest absolute Gasteiger partial charge is 0.414 e. The molecule has 4 rings (SSSR count). The third kappa shape index (κ3) is 3.33. The number of rotatable bonds is 4. The molecule has 1 N–H and O–H groups in total. The van der Waals surface area contributed by atoms with E-state index in [1.807, 2.05) is 19.1 Å². The highest BCUT2D eigenvalue weighted by Gasteiger charge is 2.34. The van der Waals surface area contributed by atoms with Gasteiger partial charge in [0.1, 0.15) is 6.10 Å². The number of fused-ring (bicyclic) bond motifs is 1. The third-order valence-corrected chi connectivity index (χ3v) is 5.84. The standard InChI is InChI=1S/C19H19N3O5S/c1-11-18(24)21(2)14-6-5-12(8-16(14)28-11)22-10-13(27-19(22)25)9-20-17(23)15-4-3-7-26-15/h3-8,11,13H,9-10H2,1-2H3,(H,20,23). The fourth-order valence-corrected chi connectivity index (χ4v) is 4.37. The number of carbonyl (C=O) groups is 3. The van der Waals surface area contributed by atoms with Crippen LogP contribution in [0.3, 0.4) is 0 Å². The average Bonchev–Trinajstić information content (AvgIpc) is 3.34. The van der Waals surface area contributed by atoms with E-state index in [4.69, 9.17) is 9.15 Å².